The Balaban J connectivity index is 1.89. The van der Waals surface area contributed by atoms with Gasteiger partial charge in [0.2, 0.25) is 0 Å². The Morgan fingerprint density at radius 3 is 2.29 bits per heavy atom. The standard InChI is InChI=1S/C23H27NO4/c1-15-12-16(2)21(17(3)13-15)19-10-11-20(22(25)27-4)24(19)23(26)28-14-18-8-6-5-7-9-18/h5-9,12-13,19-20H,10-11,14H2,1-4H3/t19-,20+/m1/s1. The van der Waals surface area contributed by atoms with Crippen molar-refractivity contribution < 1.29 is 19.1 Å². The van der Waals surface area contributed by atoms with Crippen LogP contribution in [0.2, 0.25) is 0 Å². The predicted molar refractivity (Wildman–Crippen MR) is 107 cm³/mol. The van der Waals surface area contributed by atoms with Crippen LogP contribution in [0.1, 0.15) is 46.7 Å². The average molecular weight is 381 g/mol. The number of nitrogens with zero attached hydrogens (tertiary/aromatic N) is 1. The molecule has 1 amide bonds. The third-order valence-corrected chi connectivity index (χ3v) is 5.35. The molecule has 0 aliphatic carbocycles. The van der Waals surface area contributed by atoms with Crippen LogP contribution in [-0.4, -0.2) is 30.1 Å². The van der Waals surface area contributed by atoms with Gasteiger partial charge >= 0.3 is 12.1 Å². The monoisotopic (exact) mass is 381 g/mol. The zero-order valence-corrected chi connectivity index (χ0v) is 16.9. The van der Waals surface area contributed by atoms with Crippen LogP contribution >= 0.6 is 0 Å². The van der Waals surface area contributed by atoms with E-state index in [0.29, 0.717) is 12.8 Å². The van der Waals surface area contributed by atoms with Gasteiger partial charge in [-0.1, -0.05) is 48.0 Å². The molecule has 5 nitrogen and oxygen atoms in total. The van der Waals surface area contributed by atoms with Gasteiger partial charge in [-0.2, -0.15) is 0 Å². The summed E-state index contributed by atoms with van der Waals surface area (Å²) in [6, 6.07) is 12.9. The first-order chi connectivity index (χ1) is 13.4. The molecule has 2 atom stereocenters. The first-order valence-electron chi connectivity index (χ1n) is 9.57. The Morgan fingerprint density at radius 2 is 1.68 bits per heavy atom. The summed E-state index contributed by atoms with van der Waals surface area (Å²) in [4.78, 5) is 26.9. The van der Waals surface area contributed by atoms with E-state index in [1.54, 1.807) is 4.90 Å². The normalized spacial score (nSPS) is 18.8. The predicted octanol–water partition coefficient (Wildman–Crippen LogP) is 4.63. The number of hydrogen-bond donors (Lipinski definition) is 0. The van der Waals surface area contributed by atoms with Crippen LogP contribution in [0.15, 0.2) is 42.5 Å². The highest BCUT2D eigenvalue weighted by molar-refractivity contribution is 5.82. The number of methoxy groups -OCH3 is 1. The molecule has 1 aliphatic heterocycles. The molecule has 28 heavy (non-hydrogen) atoms. The van der Waals surface area contributed by atoms with Crippen molar-refractivity contribution in [1.29, 1.82) is 0 Å². The topological polar surface area (TPSA) is 55.8 Å². The van der Waals surface area contributed by atoms with Crippen molar-refractivity contribution >= 4 is 12.1 Å². The molecule has 0 radical (unpaired) electrons. The minimum absolute atomic E-state index is 0.169. The van der Waals surface area contributed by atoms with Gasteiger partial charge < -0.3 is 9.47 Å². The molecule has 1 fully saturated rings. The van der Waals surface area contributed by atoms with E-state index in [1.165, 1.54) is 12.7 Å². The maximum Gasteiger partial charge on any atom is 0.411 e. The summed E-state index contributed by atoms with van der Waals surface area (Å²) in [5.41, 5.74) is 5.42. The van der Waals surface area contributed by atoms with Crippen LogP contribution in [0, 0.1) is 20.8 Å². The molecule has 148 valence electrons. The molecule has 0 N–H and O–H groups in total. The van der Waals surface area contributed by atoms with Crippen molar-refractivity contribution in [1.82, 2.24) is 4.90 Å². The highest BCUT2D eigenvalue weighted by atomic mass is 16.6. The molecule has 5 heteroatoms. The fraction of sp³-hybridized carbons (Fsp3) is 0.391. The molecule has 0 bridgehead atoms. The maximum absolute atomic E-state index is 13.0. The molecule has 2 aromatic rings. The van der Waals surface area contributed by atoms with Crippen molar-refractivity contribution in [2.24, 2.45) is 0 Å². The molecule has 0 aromatic heterocycles. The van der Waals surface area contributed by atoms with Crippen molar-refractivity contribution in [2.75, 3.05) is 7.11 Å². The lowest BCUT2D eigenvalue weighted by Crippen LogP contribution is -2.43. The second-order valence-corrected chi connectivity index (χ2v) is 7.39. The van der Waals surface area contributed by atoms with E-state index < -0.39 is 18.1 Å². The number of hydrogen-bond acceptors (Lipinski definition) is 4. The molecule has 3 rings (SSSR count). The zero-order valence-electron chi connectivity index (χ0n) is 16.9. The van der Waals surface area contributed by atoms with Gasteiger partial charge in [0, 0.05) is 0 Å². The zero-order chi connectivity index (χ0) is 20.3. The number of benzene rings is 2. The smallest absolute Gasteiger partial charge is 0.411 e. The lowest BCUT2D eigenvalue weighted by atomic mass is 9.93. The van der Waals surface area contributed by atoms with E-state index in [2.05, 4.69) is 19.1 Å². The Kier molecular flexibility index (Phi) is 6.02. The number of amides is 1. The van der Waals surface area contributed by atoms with Crippen molar-refractivity contribution in [2.45, 2.75) is 52.3 Å². The molecule has 1 saturated heterocycles. The number of carbonyl (C=O) groups excluding carboxylic acids is 2. The first-order valence-corrected chi connectivity index (χ1v) is 9.57. The molecule has 0 unspecified atom stereocenters. The van der Waals surface area contributed by atoms with Gasteiger partial charge in [-0.25, -0.2) is 9.59 Å². The highest BCUT2D eigenvalue weighted by Gasteiger charge is 2.44. The van der Waals surface area contributed by atoms with E-state index >= 15 is 0 Å². The molecular formula is C23H27NO4. The maximum atomic E-state index is 13.0. The number of likely N-dealkylation sites (tertiary alicyclic amines) is 1. The van der Waals surface area contributed by atoms with Gasteiger partial charge in [0.15, 0.2) is 0 Å². The van der Waals surface area contributed by atoms with Crippen molar-refractivity contribution in [3.8, 4) is 0 Å². The highest BCUT2D eigenvalue weighted by Crippen LogP contribution is 2.40. The van der Waals surface area contributed by atoms with E-state index in [1.807, 2.05) is 44.2 Å². The minimum atomic E-state index is -0.627. The summed E-state index contributed by atoms with van der Waals surface area (Å²) in [7, 11) is 1.35. The van der Waals surface area contributed by atoms with Gasteiger partial charge in [-0.15, -0.1) is 0 Å². The van der Waals surface area contributed by atoms with Crippen molar-refractivity contribution in [3.63, 3.8) is 0 Å². The summed E-state index contributed by atoms with van der Waals surface area (Å²) in [5, 5.41) is 0. The lowest BCUT2D eigenvalue weighted by Gasteiger charge is -2.30. The van der Waals surface area contributed by atoms with Gasteiger partial charge in [0.1, 0.15) is 12.6 Å². The van der Waals surface area contributed by atoms with Crippen LogP contribution in [0.3, 0.4) is 0 Å². The van der Waals surface area contributed by atoms with Gasteiger partial charge in [0.25, 0.3) is 0 Å². The summed E-state index contributed by atoms with van der Waals surface area (Å²) in [5.74, 6) is -0.401. The molecule has 2 aromatic carbocycles. The fourth-order valence-electron chi connectivity index (χ4n) is 4.23. The number of carbonyl (C=O) groups is 2. The molecule has 0 saturated carbocycles. The Labute approximate surface area is 166 Å². The number of ether oxygens (including phenoxy) is 2. The average Bonchev–Trinajstić information content (AvgIpc) is 3.10. The van der Waals surface area contributed by atoms with Crippen molar-refractivity contribution in [3.05, 3.63) is 70.3 Å². The summed E-state index contributed by atoms with van der Waals surface area (Å²) >= 11 is 0. The quantitative estimate of drug-likeness (QED) is 0.725. The largest absolute Gasteiger partial charge is 0.467 e. The Bertz CT molecular complexity index is 839. The third-order valence-electron chi connectivity index (χ3n) is 5.35. The van der Waals surface area contributed by atoms with Crippen LogP contribution in [0.4, 0.5) is 4.79 Å². The molecule has 1 aliphatic rings. The number of aryl methyl sites for hydroxylation is 3. The van der Waals surface area contributed by atoms with Crippen LogP contribution < -0.4 is 0 Å². The Morgan fingerprint density at radius 1 is 1.04 bits per heavy atom. The minimum Gasteiger partial charge on any atom is -0.467 e. The second kappa shape index (κ2) is 8.46. The van der Waals surface area contributed by atoms with Gasteiger partial charge in [-0.3, -0.25) is 4.90 Å². The van der Waals surface area contributed by atoms with Crippen LogP contribution in [0.25, 0.3) is 0 Å². The molecular weight excluding hydrogens is 354 g/mol. The van der Waals surface area contributed by atoms with Crippen LogP contribution in [-0.2, 0) is 20.9 Å². The van der Waals surface area contributed by atoms with Crippen LogP contribution in [0.5, 0.6) is 0 Å². The SMILES string of the molecule is COC(=O)[C@@H]1CC[C@H](c2c(C)cc(C)cc2C)N1C(=O)OCc1ccccc1. The van der Waals surface area contributed by atoms with E-state index in [-0.39, 0.29) is 12.6 Å². The number of rotatable bonds is 4. The number of esters is 1. The van der Waals surface area contributed by atoms with E-state index in [4.69, 9.17) is 9.47 Å². The summed E-state index contributed by atoms with van der Waals surface area (Å²) < 4.78 is 10.5. The second-order valence-electron chi connectivity index (χ2n) is 7.39. The summed E-state index contributed by atoms with van der Waals surface area (Å²) in [6.07, 6.45) is 0.774. The van der Waals surface area contributed by atoms with E-state index in [9.17, 15) is 9.59 Å². The van der Waals surface area contributed by atoms with Gasteiger partial charge in [-0.05, 0) is 55.9 Å². The first kappa shape index (κ1) is 19.9. The lowest BCUT2D eigenvalue weighted by molar-refractivity contribution is -0.145. The van der Waals surface area contributed by atoms with Gasteiger partial charge in [0.05, 0.1) is 13.2 Å². The molecule has 1 heterocycles. The third kappa shape index (κ3) is 4.03. The van der Waals surface area contributed by atoms with E-state index in [0.717, 1.165) is 22.3 Å². The molecule has 0 spiro atoms. The Hall–Kier alpha value is -2.82. The fourth-order valence-corrected chi connectivity index (χ4v) is 4.23. The summed E-state index contributed by atoms with van der Waals surface area (Å²) in [6.45, 7) is 6.33.